The molecule has 0 atom stereocenters. The second-order valence-corrected chi connectivity index (χ2v) is 5.74. The van der Waals surface area contributed by atoms with Gasteiger partial charge in [0.05, 0.1) is 0 Å². The van der Waals surface area contributed by atoms with Gasteiger partial charge in [-0.1, -0.05) is 54.2 Å². The number of halogens is 1. The number of hydrogen-bond acceptors (Lipinski definition) is 0. The van der Waals surface area contributed by atoms with Crippen molar-refractivity contribution in [1.82, 2.24) is 0 Å². The zero-order valence-electron chi connectivity index (χ0n) is 10.2. The average molecular weight is 316 g/mol. The van der Waals surface area contributed by atoms with Crippen molar-refractivity contribution < 1.29 is 0 Å². The molecule has 84 valence electrons. The zero-order chi connectivity index (χ0) is 11.5. The van der Waals surface area contributed by atoms with E-state index in [1.807, 2.05) is 0 Å². The Hall–Kier alpha value is -0.0500. The number of hydrogen-bond donors (Lipinski definition) is 0. The Labute approximate surface area is 108 Å². The highest BCUT2D eigenvalue weighted by atomic mass is 127. The van der Waals surface area contributed by atoms with E-state index in [9.17, 15) is 0 Å². The van der Waals surface area contributed by atoms with Gasteiger partial charge in [0.1, 0.15) is 0 Å². The molecule has 0 bridgehead atoms. The SMILES string of the molecule is CC(C=CC1=C(C)CCCC1(C)C)=CI. The monoisotopic (exact) mass is 316 g/mol. The van der Waals surface area contributed by atoms with Gasteiger partial charge in [-0.25, -0.2) is 0 Å². The molecule has 0 unspecified atom stereocenters. The molecule has 0 aromatic carbocycles. The van der Waals surface area contributed by atoms with Crippen LogP contribution in [0, 0.1) is 5.41 Å². The summed E-state index contributed by atoms with van der Waals surface area (Å²) >= 11 is 2.29. The van der Waals surface area contributed by atoms with Crippen LogP contribution in [0.25, 0.3) is 0 Å². The minimum Gasteiger partial charge on any atom is -0.0696 e. The Morgan fingerprint density at radius 3 is 2.60 bits per heavy atom. The maximum absolute atomic E-state index is 2.36. The van der Waals surface area contributed by atoms with Gasteiger partial charge in [-0.15, -0.1) is 0 Å². The average Bonchev–Trinajstić information content (AvgIpc) is 2.15. The van der Waals surface area contributed by atoms with Crippen LogP contribution < -0.4 is 0 Å². The molecular formula is C14H21I. The van der Waals surface area contributed by atoms with E-state index in [1.165, 1.54) is 24.8 Å². The first-order valence-electron chi connectivity index (χ1n) is 5.62. The Kier molecular flexibility index (Phi) is 4.63. The van der Waals surface area contributed by atoms with Gasteiger partial charge in [0.2, 0.25) is 0 Å². The van der Waals surface area contributed by atoms with Crippen LogP contribution in [0.1, 0.15) is 47.0 Å². The Balaban J connectivity index is 2.95. The van der Waals surface area contributed by atoms with Crippen LogP contribution in [0.3, 0.4) is 0 Å². The summed E-state index contributed by atoms with van der Waals surface area (Å²) in [7, 11) is 0. The van der Waals surface area contributed by atoms with Gasteiger partial charge in [-0.3, -0.25) is 0 Å². The molecule has 1 heteroatoms. The molecule has 1 aliphatic carbocycles. The quantitative estimate of drug-likeness (QED) is 0.472. The van der Waals surface area contributed by atoms with Crippen LogP contribution in [0.4, 0.5) is 0 Å². The first-order valence-corrected chi connectivity index (χ1v) is 6.87. The van der Waals surface area contributed by atoms with Crippen LogP contribution in [-0.4, -0.2) is 0 Å². The fourth-order valence-electron chi connectivity index (χ4n) is 2.26. The maximum atomic E-state index is 2.36. The molecule has 0 aromatic heterocycles. The van der Waals surface area contributed by atoms with Crippen LogP contribution in [0.2, 0.25) is 0 Å². The van der Waals surface area contributed by atoms with E-state index in [4.69, 9.17) is 0 Å². The van der Waals surface area contributed by atoms with Gasteiger partial charge in [0.25, 0.3) is 0 Å². The molecular weight excluding hydrogens is 295 g/mol. The molecule has 0 fully saturated rings. The van der Waals surface area contributed by atoms with E-state index in [0.717, 1.165) is 0 Å². The van der Waals surface area contributed by atoms with Crippen molar-refractivity contribution in [3.05, 3.63) is 33.0 Å². The lowest BCUT2D eigenvalue weighted by atomic mass is 9.72. The summed E-state index contributed by atoms with van der Waals surface area (Å²) < 4.78 is 2.12. The first kappa shape index (κ1) is 13.0. The molecule has 15 heavy (non-hydrogen) atoms. The highest BCUT2D eigenvalue weighted by Gasteiger charge is 2.26. The second-order valence-electron chi connectivity index (χ2n) is 5.12. The molecule has 0 saturated carbocycles. The zero-order valence-corrected chi connectivity index (χ0v) is 12.4. The van der Waals surface area contributed by atoms with E-state index in [0.29, 0.717) is 5.41 Å². The molecule has 0 spiro atoms. The third-order valence-electron chi connectivity index (χ3n) is 3.23. The van der Waals surface area contributed by atoms with E-state index in [-0.39, 0.29) is 0 Å². The maximum Gasteiger partial charge on any atom is -0.0104 e. The van der Waals surface area contributed by atoms with Crippen LogP contribution in [0.5, 0.6) is 0 Å². The van der Waals surface area contributed by atoms with Crippen LogP contribution >= 0.6 is 22.6 Å². The van der Waals surface area contributed by atoms with Gasteiger partial charge in [0, 0.05) is 0 Å². The topological polar surface area (TPSA) is 0 Å². The minimum atomic E-state index is 0.365. The Morgan fingerprint density at radius 1 is 1.40 bits per heavy atom. The third-order valence-corrected chi connectivity index (χ3v) is 4.21. The number of rotatable bonds is 2. The summed E-state index contributed by atoms with van der Waals surface area (Å²) in [6.07, 6.45) is 8.49. The molecule has 0 aliphatic heterocycles. The van der Waals surface area contributed by atoms with Gasteiger partial charge in [-0.2, -0.15) is 0 Å². The van der Waals surface area contributed by atoms with Gasteiger partial charge >= 0.3 is 0 Å². The highest BCUT2D eigenvalue weighted by Crippen LogP contribution is 2.40. The van der Waals surface area contributed by atoms with E-state index >= 15 is 0 Å². The van der Waals surface area contributed by atoms with Crippen LogP contribution in [-0.2, 0) is 0 Å². The van der Waals surface area contributed by atoms with Crippen molar-refractivity contribution in [2.75, 3.05) is 0 Å². The van der Waals surface area contributed by atoms with E-state index in [1.54, 1.807) is 11.1 Å². The standard InChI is InChI=1S/C14H21I/c1-11(10-15)7-8-13-12(2)6-5-9-14(13,3)4/h7-8,10H,5-6,9H2,1-4H3. The molecule has 0 N–H and O–H groups in total. The molecule has 0 heterocycles. The van der Waals surface area contributed by atoms with Gasteiger partial charge < -0.3 is 0 Å². The van der Waals surface area contributed by atoms with Crippen molar-refractivity contribution in [1.29, 1.82) is 0 Å². The first-order chi connectivity index (χ1) is 6.97. The molecule has 0 radical (unpaired) electrons. The van der Waals surface area contributed by atoms with Gasteiger partial charge in [-0.05, 0) is 53.8 Å². The van der Waals surface area contributed by atoms with Crippen molar-refractivity contribution in [3.63, 3.8) is 0 Å². The fourth-order valence-corrected chi connectivity index (χ4v) is 2.47. The largest absolute Gasteiger partial charge is 0.0696 e. The predicted octanol–water partition coefficient (Wildman–Crippen LogP) is 5.41. The summed E-state index contributed by atoms with van der Waals surface area (Å²) in [5.74, 6) is 0. The smallest absolute Gasteiger partial charge is 0.0104 e. The molecule has 0 nitrogen and oxygen atoms in total. The van der Waals surface area contributed by atoms with E-state index in [2.05, 4.69) is 66.5 Å². The Bertz CT molecular complexity index is 316. The molecule has 1 aliphatic rings. The fraction of sp³-hybridized carbons (Fsp3) is 0.571. The second kappa shape index (κ2) is 5.33. The summed E-state index contributed by atoms with van der Waals surface area (Å²) in [4.78, 5) is 0. The summed E-state index contributed by atoms with van der Waals surface area (Å²) in [5.41, 5.74) is 4.82. The lowest BCUT2D eigenvalue weighted by Crippen LogP contribution is -2.19. The number of allylic oxidation sites excluding steroid dienone is 5. The van der Waals surface area contributed by atoms with Crippen molar-refractivity contribution in [3.8, 4) is 0 Å². The molecule has 0 amide bonds. The molecule has 0 aromatic rings. The normalized spacial score (nSPS) is 22.6. The van der Waals surface area contributed by atoms with Gasteiger partial charge in [0.15, 0.2) is 0 Å². The molecule has 0 saturated heterocycles. The molecule has 1 rings (SSSR count). The predicted molar refractivity (Wildman–Crippen MR) is 77.2 cm³/mol. The Morgan fingerprint density at radius 2 is 2.07 bits per heavy atom. The highest BCUT2D eigenvalue weighted by molar-refractivity contribution is 14.1. The minimum absolute atomic E-state index is 0.365. The lowest BCUT2D eigenvalue weighted by molar-refractivity contribution is 0.377. The summed E-state index contributed by atoms with van der Waals surface area (Å²) in [6, 6.07) is 0. The lowest BCUT2D eigenvalue weighted by Gasteiger charge is -2.32. The van der Waals surface area contributed by atoms with Crippen LogP contribution in [0.15, 0.2) is 33.0 Å². The van der Waals surface area contributed by atoms with Crippen molar-refractivity contribution in [2.24, 2.45) is 5.41 Å². The summed E-state index contributed by atoms with van der Waals surface area (Å²) in [5, 5.41) is 0. The van der Waals surface area contributed by atoms with Crippen molar-refractivity contribution in [2.45, 2.75) is 47.0 Å². The van der Waals surface area contributed by atoms with E-state index < -0.39 is 0 Å². The van der Waals surface area contributed by atoms with Crippen molar-refractivity contribution >= 4 is 22.6 Å². The summed E-state index contributed by atoms with van der Waals surface area (Å²) in [6.45, 7) is 9.15. The third kappa shape index (κ3) is 3.47.